The van der Waals surface area contributed by atoms with Crippen LogP contribution in [0.3, 0.4) is 0 Å². The maximum absolute atomic E-state index is 11.7. The van der Waals surface area contributed by atoms with E-state index in [1.165, 1.54) is 11.1 Å². The Kier molecular flexibility index (Phi) is 5.58. The van der Waals surface area contributed by atoms with E-state index in [1.807, 2.05) is 6.92 Å². The van der Waals surface area contributed by atoms with Crippen LogP contribution in [0, 0.1) is 13.8 Å². The Hall–Kier alpha value is -2.08. The molecule has 25 heavy (non-hydrogen) atoms. The molecule has 1 amide bonds. The molecule has 1 aromatic heterocycles. The zero-order valence-electron chi connectivity index (χ0n) is 15.0. The zero-order chi connectivity index (χ0) is 17.8. The highest BCUT2D eigenvalue weighted by Crippen LogP contribution is 2.28. The summed E-state index contributed by atoms with van der Waals surface area (Å²) >= 11 is 1.64. The van der Waals surface area contributed by atoms with Crippen LogP contribution in [0.5, 0.6) is 0 Å². The molecule has 0 unspecified atom stereocenters. The van der Waals surface area contributed by atoms with Crippen LogP contribution in [-0.4, -0.2) is 41.7 Å². The van der Waals surface area contributed by atoms with Gasteiger partial charge < -0.3 is 15.0 Å². The first kappa shape index (κ1) is 17.7. The fourth-order valence-corrected chi connectivity index (χ4v) is 3.77. The van der Waals surface area contributed by atoms with Gasteiger partial charge in [-0.2, -0.15) is 0 Å². The summed E-state index contributed by atoms with van der Waals surface area (Å²) in [5.41, 5.74) is 4.75. The Morgan fingerprint density at radius 3 is 2.76 bits per heavy atom. The largest absolute Gasteiger partial charge is 0.450 e. The van der Waals surface area contributed by atoms with Gasteiger partial charge in [-0.1, -0.05) is 12.1 Å². The van der Waals surface area contributed by atoms with E-state index in [4.69, 9.17) is 9.72 Å². The molecule has 5 nitrogen and oxygen atoms in total. The zero-order valence-corrected chi connectivity index (χ0v) is 15.9. The molecular weight excluding hydrogens is 334 g/mol. The third-order valence-electron chi connectivity index (χ3n) is 4.66. The van der Waals surface area contributed by atoms with Gasteiger partial charge in [-0.15, -0.1) is 11.3 Å². The second kappa shape index (κ2) is 7.87. The Balaban J connectivity index is 1.57. The van der Waals surface area contributed by atoms with Gasteiger partial charge in [-0.3, -0.25) is 0 Å². The van der Waals surface area contributed by atoms with Gasteiger partial charge in [-0.05, 0) is 50.8 Å². The summed E-state index contributed by atoms with van der Waals surface area (Å²) < 4.78 is 5.06. The van der Waals surface area contributed by atoms with E-state index in [2.05, 4.69) is 42.7 Å². The SMILES string of the molecule is CCOC(=O)N1CCC(Nc2nc(-c3ccc(C)c(C)c3)cs2)CC1. The lowest BCUT2D eigenvalue weighted by Gasteiger charge is -2.31. The molecule has 1 aromatic carbocycles. The summed E-state index contributed by atoms with van der Waals surface area (Å²) in [4.78, 5) is 18.3. The highest BCUT2D eigenvalue weighted by Gasteiger charge is 2.24. The number of hydrogen-bond donors (Lipinski definition) is 1. The van der Waals surface area contributed by atoms with Crippen LogP contribution in [0.25, 0.3) is 11.3 Å². The number of carbonyl (C=O) groups is 1. The topological polar surface area (TPSA) is 54.5 Å². The predicted octanol–water partition coefficient (Wildman–Crippen LogP) is 4.46. The highest BCUT2D eigenvalue weighted by atomic mass is 32.1. The van der Waals surface area contributed by atoms with E-state index in [0.717, 1.165) is 42.3 Å². The number of hydrogen-bond acceptors (Lipinski definition) is 5. The van der Waals surface area contributed by atoms with Gasteiger partial charge in [0.25, 0.3) is 0 Å². The molecule has 0 saturated carbocycles. The van der Waals surface area contributed by atoms with E-state index in [1.54, 1.807) is 16.2 Å². The molecule has 0 aliphatic carbocycles. The van der Waals surface area contributed by atoms with Crippen molar-refractivity contribution in [3.8, 4) is 11.3 Å². The Morgan fingerprint density at radius 2 is 2.08 bits per heavy atom. The summed E-state index contributed by atoms with van der Waals surface area (Å²) in [7, 11) is 0. The number of likely N-dealkylation sites (tertiary alicyclic amines) is 1. The van der Waals surface area contributed by atoms with Crippen molar-refractivity contribution in [2.75, 3.05) is 25.0 Å². The number of thiazole rings is 1. The number of ether oxygens (including phenoxy) is 1. The Labute approximate surface area is 153 Å². The molecular formula is C19H25N3O2S. The van der Waals surface area contributed by atoms with E-state index < -0.39 is 0 Å². The number of nitrogens with one attached hydrogen (secondary N) is 1. The first-order chi connectivity index (χ1) is 12.1. The lowest BCUT2D eigenvalue weighted by Crippen LogP contribution is -2.42. The van der Waals surface area contributed by atoms with Crippen molar-refractivity contribution in [3.63, 3.8) is 0 Å². The molecule has 6 heteroatoms. The van der Waals surface area contributed by atoms with E-state index in [0.29, 0.717) is 12.6 Å². The number of nitrogens with zero attached hydrogens (tertiary/aromatic N) is 2. The molecule has 134 valence electrons. The van der Waals surface area contributed by atoms with Gasteiger partial charge >= 0.3 is 6.09 Å². The summed E-state index contributed by atoms with van der Waals surface area (Å²) in [6.45, 7) is 7.97. The van der Waals surface area contributed by atoms with Gasteiger partial charge in [-0.25, -0.2) is 9.78 Å². The lowest BCUT2D eigenvalue weighted by atomic mass is 10.1. The Morgan fingerprint density at radius 1 is 1.32 bits per heavy atom. The van der Waals surface area contributed by atoms with Crippen LogP contribution in [0.2, 0.25) is 0 Å². The lowest BCUT2D eigenvalue weighted by molar-refractivity contribution is 0.0983. The number of anilines is 1. The summed E-state index contributed by atoms with van der Waals surface area (Å²) in [6.07, 6.45) is 1.63. The van der Waals surface area contributed by atoms with Gasteiger partial charge in [0, 0.05) is 30.1 Å². The van der Waals surface area contributed by atoms with Crippen LogP contribution < -0.4 is 5.32 Å². The second-order valence-electron chi connectivity index (χ2n) is 6.44. The normalized spacial score (nSPS) is 15.2. The molecule has 1 aliphatic rings. The van der Waals surface area contributed by atoms with Gasteiger partial charge in [0.15, 0.2) is 5.13 Å². The first-order valence-corrected chi connectivity index (χ1v) is 9.66. The molecule has 1 aliphatic heterocycles. The second-order valence-corrected chi connectivity index (χ2v) is 7.30. The van der Waals surface area contributed by atoms with E-state index >= 15 is 0 Å². The molecule has 0 atom stereocenters. The molecule has 2 heterocycles. The number of carbonyl (C=O) groups excluding carboxylic acids is 1. The minimum Gasteiger partial charge on any atom is -0.450 e. The number of piperidine rings is 1. The highest BCUT2D eigenvalue weighted by molar-refractivity contribution is 7.14. The number of amides is 1. The smallest absolute Gasteiger partial charge is 0.409 e. The number of aryl methyl sites for hydroxylation is 2. The molecule has 0 radical (unpaired) electrons. The summed E-state index contributed by atoms with van der Waals surface area (Å²) in [5.74, 6) is 0. The number of aromatic nitrogens is 1. The van der Waals surface area contributed by atoms with Gasteiger partial charge in [0.1, 0.15) is 0 Å². The average molecular weight is 359 g/mol. The molecule has 0 bridgehead atoms. The minimum absolute atomic E-state index is 0.202. The van der Waals surface area contributed by atoms with Crippen molar-refractivity contribution in [2.24, 2.45) is 0 Å². The van der Waals surface area contributed by atoms with Gasteiger partial charge in [0.05, 0.1) is 12.3 Å². The maximum Gasteiger partial charge on any atom is 0.409 e. The van der Waals surface area contributed by atoms with Crippen molar-refractivity contribution in [3.05, 3.63) is 34.7 Å². The van der Waals surface area contributed by atoms with E-state index in [-0.39, 0.29) is 6.09 Å². The quantitative estimate of drug-likeness (QED) is 0.876. The minimum atomic E-state index is -0.202. The number of benzene rings is 1. The molecule has 3 rings (SSSR count). The van der Waals surface area contributed by atoms with Gasteiger partial charge in [0.2, 0.25) is 0 Å². The molecule has 1 saturated heterocycles. The van der Waals surface area contributed by atoms with Crippen molar-refractivity contribution in [2.45, 2.75) is 39.7 Å². The summed E-state index contributed by atoms with van der Waals surface area (Å²) in [5, 5.41) is 6.56. The Bertz CT molecular complexity index is 736. The van der Waals surface area contributed by atoms with Crippen LogP contribution in [0.4, 0.5) is 9.93 Å². The van der Waals surface area contributed by atoms with Crippen LogP contribution in [-0.2, 0) is 4.74 Å². The summed E-state index contributed by atoms with van der Waals surface area (Å²) in [6, 6.07) is 6.80. The fraction of sp³-hybridized carbons (Fsp3) is 0.474. The fourth-order valence-electron chi connectivity index (χ4n) is 2.97. The molecule has 2 aromatic rings. The van der Waals surface area contributed by atoms with Crippen molar-refractivity contribution in [1.82, 2.24) is 9.88 Å². The van der Waals surface area contributed by atoms with Crippen LogP contribution >= 0.6 is 11.3 Å². The number of rotatable bonds is 4. The molecule has 1 N–H and O–H groups in total. The first-order valence-electron chi connectivity index (χ1n) is 8.78. The van der Waals surface area contributed by atoms with Crippen molar-refractivity contribution in [1.29, 1.82) is 0 Å². The third-order valence-corrected chi connectivity index (χ3v) is 5.43. The maximum atomic E-state index is 11.7. The standard InChI is InChI=1S/C19H25N3O2S/c1-4-24-19(23)22-9-7-16(8-10-22)20-18-21-17(12-25-18)15-6-5-13(2)14(3)11-15/h5-6,11-12,16H,4,7-10H2,1-3H3,(H,20,21). The van der Waals surface area contributed by atoms with E-state index in [9.17, 15) is 4.79 Å². The average Bonchev–Trinajstić information content (AvgIpc) is 3.07. The predicted molar refractivity (Wildman–Crippen MR) is 102 cm³/mol. The molecule has 1 fully saturated rings. The van der Waals surface area contributed by atoms with Crippen molar-refractivity contribution >= 4 is 22.6 Å². The third kappa shape index (κ3) is 4.31. The molecule has 0 spiro atoms. The van der Waals surface area contributed by atoms with Crippen LogP contribution in [0.15, 0.2) is 23.6 Å². The van der Waals surface area contributed by atoms with Crippen molar-refractivity contribution < 1.29 is 9.53 Å². The monoisotopic (exact) mass is 359 g/mol. The van der Waals surface area contributed by atoms with Crippen LogP contribution in [0.1, 0.15) is 30.9 Å².